The first-order chi connectivity index (χ1) is 14.8. The molecule has 1 unspecified atom stereocenters. The lowest BCUT2D eigenvalue weighted by molar-refractivity contribution is -0.151. The predicted octanol–water partition coefficient (Wildman–Crippen LogP) is 3.38. The van der Waals surface area contributed by atoms with E-state index >= 15 is 0 Å². The lowest BCUT2D eigenvalue weighted by Crippen LogP contribution is -2.47. The summed E-state index contributed by atoms with van der Waals surface area (Å²) in [7, 11) is 1.50. The molecule has 4 rings (SSSR count). The van der Waals surface area contributed by atoms with Crippen molar-refractivity contribution in [3.63, 3.8) is 0 Å². The topological polar surface area (TPSA) is 95.9 Å². The third-order valence-corrected chi connectivity index (χ3v) is 6.33. The second-order valence-electron chi connectivity index (χ2n) is 8.36. The number of fused-ring (bicyclic) bond motifs is 3. The van der Waals surface area contributed by atoms with Gasteiger partial charge in [0.25, 0.3) is 0 Å². The number of hydrogen-bond donors (Lipinski definition) is 2. The minimum atomic E-state index is -1.08. The number of likely N-dealkylation sites (N-methyl/N-ethyl adjacent to an activating group) is 1. The van der Waals surface area contributed by atoms with E-state index in [1.165, 1.54) is 11.9 Å². The largest absolute Gasteiger partial charge is 0.479 e. The SMILES string of the molecule is CC(CC(=O)N(C)C1(C(=O)O)CC1)NC(=O)OCC1c2ccccc2-c2ccccc21. The molecule has 2 amide bonds. The zero-order valence-electron chi connectivity index (χ0n) is 17.6. The van der Waals surface area contributed by atoms with Crippen molar-refractivity contribution >= 4 is 18.0 Å². The lowest BCUT2D eigenvalue weighted by atomic mass is 9.98. The van der Waals surface area contributed by atoms with E-state index < -0.39 is 23.6 Å². The number of ether oxygens (including phenoxy) is 1. The van der Waals surface area contributed by atoms with Gasteiger partial charge in [-0.15, -0.1) is 0 Å². The molecule has 2 aromatic carbocycles. The summed E-state index contributed by atoms with van der Waals surface area (Å²) in [5, 5.41) is 12.0. The highest BCUT2D eigenvalue weighted by Crippen LogP contribution is 2.44. The van der Waals surface area contributed by atoms with Crippen molar-refractivity contribution in [3.8, 4) is 11.1 Å². The number of hydrogen-bond acceptors (Lipinski definition) is 4. The van der Waals surface area contributed by atoms with Crippen molar-refractivity contribution in [2.45, 2.75) is 43.7 Å². The van der Waals surface area contributed by atoms with Crippen LogP contribution >= 0.6 is 0 Å². The summed E-state index contributed by atoms with van der Waals surface area (Å²) in [6, 6.07) is 15.7. The molecule has 0 bridgehead atoms. The predicted molar refractivity (Wildman–Crippen MR) is 115 cm³/mol. The maximum absolute atomic E-state index is 12.4. The molecule has 2 aliphatic carbocycles. The van der Waals surface area contributed by atoms with Crippen molar-refractivity contribution in [1.29, 1.82) is 0 Å². The maximum atomic E-state index is 12.4. The van der Waals surface area contributed by atoms with Gasteiger partial charge in [-0.25, -0.2) is 9.59 Å². The summed E-state index contributed by atoms with van der Waals surface area (Å²) < 4.78 is 5.50. The number of rotatable bonds is 7. The molecular formula is C24H26N2O5. The average molecular weight is 422 g/mol. The monoisotopic (exact) mass is 422 g/mol. The molecule has 7 heteroatoms. The summed E-state index contributed by atoms with van der Waals surface area (Å²) in [5.74, 6) is -1.33. The Labute approximate surface area is 181 Å². The molecule has 0 radical (unpaired) electrons. The Bertz CT molecular complexity index is 985. The first kappa shape index (κ1) is 20.9. The minimum absolute atomic E-state index is 0.00965. The molecule has 2 N–H and O–H groups in total. The number of nitrogens with one attached hydrogen (secondary N) is 1. The third-order valence-electron chi connectivity index (χ3n) is 6.33. The highest BCUT2D eigenvalue weighted by molar-refractivity contribution is 5.89. The van der Waals surface area contributed by atoms with E-state index in [9.17, 15) is 19.5 Å². The fraction of sp³-hybridized carbons (Fsp3) is 0.375. The Kier molecular flexibility index (Phi) is 5.43. The van der Waals surface area contributed by atoms with Crippen LogP contribution in [0.25, 0.3) is 11.1 Å². The van der Waals surface area contributed by atoms with Gasteiger partial charge in [-0.3, -0.25) is 4.79 Å². The van der Waals surface area contributed by atoms with Gasteiger partial charge >= 0.3 is 12.1 Å². The van der Waals surface area contributed by atoms with Crippen LogP contribution in [0.5, 0.6) is 0 Å². The van der Waals surface area contributed by atoms with Gasteiger partial charge in [0.15, 0.2) is 0 Å². The molecule has 1 atom stereocenters. The van der Waals surface area contributed by atoms with E-state index in [1.807, 2.05) is 24.3 Å². The molecule has 0 aromatic heterocycles. The second kappa shape index (κ2) is 8.06. The van der Waals surface area contributed by atoms with E-state index in [2.05, 4.69) is 29.6 Å². The van der Waals surface area contributed by atoms with Crippen LogP contribution in [0.15, 0.2) is 48.5 Å². The van der Waals surface area contributed by atoms with Crippen LogP contribution in [-0.4, -0.2) is 53.2 Å². The van der Waals surface area contributed by atoms with Gasteiger partial charge in [0, 0.05) is 25.4 Å². The number of alkyl carbamates (subject to hydrolysis) is 1. The van der Waals surface area contributed by atoms with Gasteiger partial charge < -0.3 is 20.1 Å². The van der Waals surface area contributed by atoms with Crippen LogP contribution in [0.1, 0.15) is 43.2 Å². The number of carboxylic acids is 1. The van der Waals surface area contributed by atoms with E-state index in [-0.39, 0.29) is 24.9 Å². The summed E-state index contributed by atoms with van der Waals surface area (Å²) in [5.41, 5.74) is 3.48. The Morgan fingerprint density at radius 3 is 2.16 bits per heavy atom. The van der Waals surface area contributed by atoms with E-state index in [1.54, 1.807) is 6.92 Å². The van der Waals surface area contributed by atoms with Crippen LogP contribution in [0.3, 0.4) is 0 Å². The molecule has 1 fully saturated rings. The molecule has 31 heavy (non-hydrogen) atoms. The Balaban J connectivity index is 1.33. The molecule has 0 heterocycles. The fourth-order valence-corrected chi connectivity index (χ4v) is 4.34. The quantitative estimate of drug-likeness (QED) is 0.713. The Morgan fingerprint density at radius 1 is 1.10 bits per heavy atom. The molecular weight excluding hydrogens is 396 g/mol. The fourth-order valence-electron chi connectivity index (χ4n) is 4.34. The van der Waals surface area contributed by atoms with Crippen molar-refractivity contribution < 1.29 is 24.2 Å². The zero-order chi connectivity index (χ0) is 22.2. The van der Waals surface area contributed by atoms with Crippen LogP contribution < -0.4 is 5.32 Å². The van der Waals surface area contributed by atoms with Crippen LogP contribution in [0, 0.1) is 0 Å². The standard InChI is InChI=1S/C24H26N2O5/c1-15(13-21(27)26(2)24(11-12-24)22(28)29)25-23(30)31-14-20-18-9-5-3-7-16(18)17-8-4-6-10-19(17)20/h3-10,15,20H,11-14H2,1-2H3,(H,25,30)(H,28,29). The molecule has 2 aliphatic rings. The molecule has 2 aromatic rings. The maximum Gasteiger partial charge on any atom is 0.407 e. The molecule has 1 saturated carbocycles. The van der Waals surface area contributed by atoms with E-state index in [4.69, 9.17) is 4.74 Å². The van der Waals surface area contributed by atoms with Crippen molar-refractivity contribution in [1.82, 2.24) is 10.2 Å². The Hall–Kier alpha value is -3.35. The number of aliphatic carboxylic acids is 1. The third kappa shape index (κ3) is 3.87. The lowest BCUT2D eigenvalue weighted by Gasteiger charge is -2.26. The zero-order valence-corrected chi connectivity index (χ0v) is 17.6. The number of carbonyl (C=O) groups excluding carboxylic acids is 2. The summed E-state index contributed by atoms with van der Waals surface area (Å²) in [6.07, 6.45) is 0.331. The highest BCUT2D eigenvalue weighted by atomic mass is 16.5. The first-order valence-corrected chi connectivity index (χ1v) is 10.4. The minimum Gasteiger partial charge on any atom is -0.479 e. The van der Waals surface area contributed by atoms with E-state index in [0.717, 1.165) is 22.3 Å². The summed E-state index contributed by atoms with van der Waals surface area (Å²) in [4.78, 5) is 37.5. The number of amides is 2. The number of carbonyl (C=O) groups is 3. The molecule has 0 saturated heterocycles. The molecule has 0 aliphatic heterocycles. The number of nitrogens with zero attached hydrogens (tertiary/aromatic N) is 1. The van der Waals surface area contributed by atoms with Gasteiger partial charge in [-0.2, -0.15) is 0 Å². The van der Waals surface area contributed by atoms with Crippen LogP contribution in [0.2, 0.25) is 0 Å². The van der Waals surface area contributed by atoms with Crippen molar-refractivity contribution in [3.05, 3.63) is 59.7 Å². The molecule has 0 spiro atoms. The second-order valence-corrected chi connectivity index (χ2v) is 8.36. The summed E-state index contributed by atoms with van der Waals surface area (Å²) >= 11 is 0. The van der Waals surface area contributed by atoms with Crippen LogP contribution in [-0.2, 0) is 14.3 Å². The number of benzene rings is 2. The summed E-state index contributed by atoms with van der Waals surface area (Å²) in [6.45, 7) is 1.90. The van der Waals surface area contributed by atoms with Gasteiger partial charge in [-0.1, -0.05) is 48.5 Å². The van der Waals surface area contributed by atoms with Gasteiger partial charge in [-0.05, 0) is 42.0 Å². The molecule has 7 nitrogen and oxygen atoms in total. The van der Waals surface area contributed by atoms with Crippen molar-refractivity contribution in [2.24, 2.45) is 0 Å². The highest BCUT2D eigenvalue weighted by Gasteiger charge is 2.55. The van der Waals surface area contributed by atoms with Crippen LogP contribution in [0.4, 0.5) is 4.79 Å². The Morgan fingerprint density at radius 2 is 1.65 bits per heavy atom. The van der Waals surface area contributed by atoms with Gasteiger partial charge in [0.05, 0.1) is 0 Å². The average Bonchev–Trinajstić information content (AvgIpc) is 3.50. The normalized spacial score (nSPS) is 16.6. The smallest absolute Gasteiger partial charge is 0.407 e. The first-order valence-electron chi connectivity index (χ1n) is 10.4. The molecule has 162 valence electrons. The number of carboxylic acid groups (broad SMARTS) is 1. The van der Waals surface area contributed by atoms with Crippen molar-refractivity contribution in [2.75, 3.05) is 13.7 Å². The van der Waals surface area contributed by atoms with Gasteiger partial charge in [0.2, 0.25) is 5.91 Å². The van der Waals surface area contributed by atoms with E-state index in [0.29, 0.717) is 12.8 Å². The van der Waals surface area contributed by atoms with Gasteiger partial charge in [0.1, 0.15) is 12.1 Å².